The lowest BCUT2D eigenvalue weighted by molar-refractivity contribution is -0.144. The summed E-state index contributed by atoms with van der Waals surface area (Å²) in [4.78, 5) is 24.4. The van der Waals surface area contributed by atoms with Crippen LogP contribution < -0.4 is 10.6 Å². The molecule has 2 N–H and O–H groups in total. The Bertz CT molecular complexity index is 1270. The first-order valence-corrected chi connectivity index (χ1v) is 12.6. The van der Waals surface area contributed by atoms with Crippen molar-refractivity contribution >= 4 is 52.7 Å². The van der Waals surface area contributed by atoms with Crippen molar-refractivity contribution in [2.24, 2.45) is 0 Å². The van der Waals surface area contributed by atoms with E-state index in [-0.39, 0.29) is 27.1 Å². The van der Waals surface area contributed by atoms with Crippen LogP contribution in [0.5, 0.6) is 0 Å². The molecule has 0 aromatic heterocycles. The molecule has 2 aromatic carbocycles. The highest BCUT2D eigenvalue weighted by molar-refractivity contribution is 6.48. The second-order valence-corrected chi connectivity index (χ2v) is 9.79. The molecule has 0 radical (unpaired) electrons. The summed E-state index contributed by atoms with van der Waals surface area (Å²) in [6, 6.07) is 3.95. The van der Waals surface area contributed by atoms with Crippen LogP contribution in [0, 0.1) is 0 Å². The summed E-state index contributed by atoms with van der Waals surface area (Å²) in [5.41, 5.74) is -3.21. The Kier molecular flexibility index (Phi) is 11.4. The summed E-state index contributed by atoms with van der Waals surface area (Å²) in [6.45, 7) is 1.41. The summed E-state index contributed by atoms with van der Waals surface area (Å²) in [7, 11) is 0. The van der Waals surface area contributed by atoms with Gasteiger partial charge in [0.05, 0.1) is 38.5 Å². The SMILES string of the molecule is CC[C@H](NC(=O)CCC(F)(F)F)NC(=O)c1ccc(/C=C/C(c2cc(Cl)c(Cl)c(Cl)c2)C(F)(F)F)cc1C(F)(F)F. The minimum atomic E-state index is -5.13. The van der Waals surface area contributed by atoms with Gasteiger partial charge in [0.2, 0.25) is 5.91 Å². The molecular formula is C25H20Cl3F9N2O2. The quantitative estimate of drug-likeness (QED) is 0.161. The van der Waals surface area contributed by atoms with Gasteiger partial charge in [0.25, 0.3) is 5.91 Å². The maximum Gasteiger partial charge on any atom is 0.417 e. The number of allylic oxidation sites excluding steroid dienone is 1. The van der Waals surface area contributed by atoms with Crippen molar-refractivity contribution in [3.63, 3.8) is 0 Å². The van der Waals surface area contributed by atoms with E-state index in [1.807, 2.05) is 0 Å². The van der Waals surface area contributed by atoms with Crippen LogP contribution in [0.25, 0.3) is 6.08 Å². The average molecular weight is 658 g/mol. The number of hydrogen-bond donors (Lipinski definition) is 2. The fourth-order valence-corrected chi connectivity index (χ4v) is 4.08. The van der Waals surface area contributed by atoms with Crippen LogP contribution in [0.15, 0.2) is 36.4 Å². The largest absolute Gasteiger partial charge is 0.417 e. The zero-order valence-corrected chi connectivity index (χ0v) is 22.9. The number of carbonyl (C=O) groups excluding carboxylic acids is 2. The van der Waals surface area contributed by atoms with Crippen molar-refractivity contribution in [3.8, 4) is 0 Å². The third kappa shape index (κ3) is 10.3. The Morgan fingerprint density at radius 1 is 0.902 bits per heavy atom. The normalized spacial score (nSPS) is 14.2. The van der Waals surface area contributed by atoms with Crippen molar-refractivity contribution in [2.75, 3.05) is 0 Å². The highest BCUT2D eigenvalue weighted by atomic mass is 35.5. The van der Waals surface area contributed by atoms with E-state index in [0.29, 0.717) is 18.2 Å². The molecule has 0 aliphatic carbocycles. The lowest BCUT2D eigenvalue weighted by Gasteiger charge is -2.21. The van der Waals surface area contributed by atoms with Crippen molar-refractivity contribution < 1.29 is 49.1 Å². The summed E-state index contributed by atoms with van der Waals surface area (Å²) < 4.78 is 120. The second kappa shape index (κ2) is 13.6. The predicted molar refractivity (Wildman–Crippen MR) is 136 cm³/mol. The first-order chi connectivity index (χ1) is 18.7. The van der Waals surface area contributed by atoms with E-state index in [1.54, 1.807) is 0 Å². The standard InChI is InChI=1S/C25H20Cl3F9N2O2/c1-2-19(38-20(40)7-8-23(29,30)31)39-22(41)14-5-3-12(9-16(14)25(35,36)37)4-6-15(24(32,33)34)13-10-17(26)21(28)18(27)11-13/h3-6,9-11,15,19H,2,7-8H2,1H3,(H,38,40)(H,39,41)/b6-4+/t15?,19-/m1/s1. The Morgan fingerprint density at radius 3 is 1.98 bits per heavy atom. The smallest absolute Gasteiger partial charge is 0.336 e. The molecule has 1 unspecified atom stereocenters. The fourth-order valence-electron chi connectivity index (χ4n) is 3.47. The van der Waals surface area contributed by atoms with Crippen LogP contribution >= 0.6 is 34.8 Å². The minimum Gasteiger partial charge on any atom is -0.336 e. The van der Waals surface area contributed by atoms with Crippen LogP contribution in [0.2, 0.25) is 15.1 Å². The number of rotatable bonds is 9. The summed E-state index contributed by atoms with van der Waals surface area (Å²) in [5, 5.41) is 3.46. The highest BCUT2D eigenvalue weighted by Gasteiger charge is 2.40. The van der Waals surface area contributed by atoms with Gasteiger partial charge in [0, 0.05) is 6.42 Å². The molecule has 0 fully saturated rings. The maximum atomic E-state index is 13.8. The third-order valence-corrected chi connectivity index (χ3v) is 6.67. The molecule has 0 bridgehead atoms. The van der Waals surface area contributed by atoms with Crippen LogP contribution in [0.1, 0.15) is 59.2 Å². The summed E-state index contributed by atoms with van der Waals surface area (Å²) in [6.07, 6.45) is -17.1. The number of alkyl halides is 9. The van der Waals surface area contributed by atoms with E-state index < -0.39 is 72.0 Å². The minimum absolute atomic E-state index is 0.0801. The molecule has 41 heavy (non-hydrogen) atoms. The number of benzene rings is 2. The van der Waals surface area contributed by atoms with Gasteiger partial charge in [-0.1, -0.05) is 59.9 Å². The zero-order chi connectivity index (χ0) is 31.3. The van der Waals surface area contributed by atoms with Crippen molar-refractivity contribution in [3.05, 3.63) is 73.7 Å². The number of carbonyl (C=O) groups is 2. The Morgan fingerprint density at radius 2 is 1.49 bits per heavy atom. The van der Waals surface area contributed by atoms with Crippen molar-refractivity contribution in [1.29, 1.82) is 0 Å². The van der Waals surface area contributed by atoms with Gasteiger partial charge in [-0.15, -0.1) is 0 Å². The molecule has 2 amide bonds. The number of hydrogen-bond acceptors (Lipinski definition) is 2. The van der Waals surface area contributed by atoms with Gasteiger partial charge in [0.1, 0.15) is 6.17 Å². The first kappa shape index (κ1) is 34.6. The van der Waals surface area contributed by atoms with Gasteiger partial charge < -0.3 is 10.6 Å². The van der Waals surface area contributed by atoms with Gasteiger partial charge in [-0.05, 0) is 41.8 Å². The van der Waals surface area contributed by atoms with Gasteiger partial charge >= 0.3 is 18.5 Å². The molecule has 4 nitrogen and oxygen atoms in total. The molecule has 0 saturated heterocycles. The number of nitrogens with one attached hydrogen (secondary N) is 2. The van der Waals surface area contributed by atoms with E-state index in [0.717, 1.165) is 24.3 Å². The van der Waals surface area contributed by atoms with E-state index in [2.05, 4.69) is 10.6 Å². The number of amides is 2. The fraction of sp³-hybridized carbons (Fsp3) is 0.360. The summed E-state index contributed by atoms with van der Waals surface area (Å²) >= 11 is 17.4. The Balaban J connectivity index is 2.35. The van der Waals surface area contributed by atoms with Crippen LogP contribution in [0.4, 0.5) is 39.5 Å². The van der Waals surface area contributed by atoms with E-state index >= 15 is 0 Å². The molecule has 16 heteroatoms. The van der Waals surface area contributed by atoms with Gasteiger partial charge in [-0.3, -0.25) is 9.59 Å². The Hall–Kier alpha value is -2.64. The average Bonchev–Trinajstić information content (AvgIpc) is 2.83. The Labute approximate surface area is 242 Å². The van der Waals surface area contributed by atoms with Crippen LogP contribution in [-0.4, -0.2) is 30.3 Å². The molecular weight excluding hydrogens is 638 g/mol. The lowest BCUT2D eigenvalue weighted by atomic mass is 9.96. The number of halogens is 12. The molecule has 2 aromatic rings. The molecule has 0 spiro atoms. The molecule has 2 rings (SSSR count). The van der Waals surface area contributed by atoms with Crippen LogP contribution in [0.3, 0.4) is 0 Å². The predicted octanol–water partition coefficient (Wildman–Crippen LogP) is 8.95. The van der Waals surface area contributed by atoms with E-state index in [4.69, 9.17) is 34.8 Å². The van der Waals surface area contributed by atoms with Gasteiger partial charge in [-0.25, -0.2) is 0 Å². The first-order valence-electron chi connectivity index (χ1n) is 11.5. The summed E-state index contributed by atoms with van der Waals surface area (Å²) in [5.74, 6) is -4.75. The molecule has 0 aliphatic heterocycles. The topological polar surface area (TPSA) is 58.2 Å². The molecule has 0 heterocycles. The second-order valence-electron chi connectivity index (χ2n) is 8.60. The van der Waals surface area contributed by atoms with E-state index in [1.165, 1.54) is 6.92 Å². The van der Waals surface area contributed by atoms with E-state index in [9.17, 15) is 49.1 Å². The highest BCUT2D eigenvalue weighted by Crippen LogP contribution is 2.41. The van der Waals surface area contributed by atoms with Crippen molar-refractivity contribution in [2.45, 2.75) is 56.8 Å². The monoisotopic (exact) mass is 656 g/mol. The molecule has 2 atom stereocenters. The molecule has 226 valence electrons. The third-order valence-electron chi connectivity index (χ3n) is 5.48. The molecule has 0 aliphatic rings. The maximum absolute atomic E-state index is 13.8. The lowest BCUT2D eigenvalue weighted by Crippen LogP contribution is -2.48. The molecule has 0 saturated carbocycles. The van der Waals surface area contributed by atoms with Crippen molar-refractivity contribution in [1.82, 2.24) is 10.6 Å². The van der Waals surface area contributed by atoms with Gasteiger partial charge in [0.15, 0.2) is 0 Å². The zero-order valence-electron chi connectivity index (χ0n) is 20.7. The van der Waals surface area contributed by atoms with Gasteiger partial charge in [-0.2, -0.15) is 39.5 Å². The van der Waals surface area contributed by atoms with Crippen LogP contribution in [-0.2, 0) is 11.0 Å².